The molecule has 0 radical (unpaired) electrons. The van der Waals surface area contributed by atoms with Gasteiger partial charge in [-0.25, -0.2) is 0 Å². The third-order valence-corrected chi connectivity index (χ3v) is 8.34. The van der Waals surface area contributed by atoms with Gasteiger partial charge in [0.1, 0.15) is 0 Å². The molecular formula is C26H35ClN2O. The zero-order valence-electron chi connectivity index (χ0n) is 18.9. The van der Waals surface area contributed by atoms with E-state index in [0.717, 1.165) is 71.8 Å². The summed E-state index contributed by atoms with van der Waals surface area (Å²) in [6, 6.07) is 4.33. The Bertz CT molecular complexity index is 879. The van der Waals surface area contributed by atoms with Crippen LogP contribution in [0, 0.1) is 23.2 Å². The number of carbonyl (C=O) groups is 1. The van der Waals surface area contributed by atoms with Crippen molar-refractivity contribution in [1.29, 1.82) is 0 Å². The van der Waals surface area contributed by atoms with Crippen molar-refractivity contribution < 1.29 is 4.79 Å². The first-order valence-corrected chi connectivity index (χ1v) is 12.0. The van der Waals surface area contributed by atoms with E-state index in [1.165, 1.54) is 24.8 Å². The van der Waals surface area contributed by atoms with Crippen LogP contribution in [-0.4, -0.2) is 30.3 Å². The van der Waals surface area contributed by atoms with Crippen molar-refractivity contribution in [3.05, 3.63) is 39.9 Å². The van der Waals surface area contributed by atoms with Gasteiger partial charge in [0.2, 0.25) is 0 Å². The average molecular weight is 427 g/mol. The fraction of sp³-hybridized carbons (Fsp3) is 0.654. The fourth-order valence-electron chi connectivity index (χ4n) is 7.28. The number of halogens is 1. The second-order valence-electron chi connectivity index (χ2n) is 11.6. The summed E-state index contributed by atoms with van der Waals surface area (Å²) in [6.45, 7) is 5.22. The quantitative estimate of drug-likeness (QED) is 0.649. The second kappa shape index (κ2) is 7.10. The van der Waals surface area contributed by atoms with Gasteiger partial charge in [-0.15, -0.1) is 0 Å². The standard InChI is InChI=1S/C26H35ClN2O/c1-25(2)14-19-9-22(27)20(15-29(3)4)8-21(19)23(28-25)10-24(30)26-11-16-5-17(12-26)7-18(6-16)13-26/h8-10,16-18,28H,5-7,11-15H2,1-4H3. The molecule has 3 nitrogen and oxygen atoms in total. The number of benzene rings is 1. The number of fused-ring (bicyclic) bond motifs is 1. The van der Waals surface area contributed by atoms with Crippen LogP contribution in [0.4, 0.5) is 0 Å². The van der Waals surface area contributed by atoms with E-state index in [-0.39, 0.29) is 11.0 Å². The van der Waals surface area contributed by atoms with Crippen molar-refractivity contribution >= 4 is 23.1 Å². The summed E-state index contributed by atoms with van der Waals surface area (Å²) in [7, 11) is 4.12. The molecule has 0 spiro atoms. The molecule has 0 aromatic heterocycles. The van der Waals surface area contributed by atoms with Gasteiger partial charge in [0.05, 0.1) is 0 Å². The Labute approximate surface area is 186 Å². The van der Waals surface area contributed by atoms with Crippen LogP contribution in [0.25, 0.3) is 5.70 Å². The van der Waals surface area contributed by atoms with Crippen molar-refractivity contribution in [1.82, 2.24) is 10.2 Å². The summed E-state index contributed by atoms with van der Waals surface area (Å²) in [5.41, 5.74) is 4.34. The molecule has 0 atom stereocenters. The van der Waals surface area contributed by atoms with Crippen molar-refractivity contribution in [3.63, 3.8) is 0 Å². The molecule has 4 fully saturated rings. The lowest BCUT2D eigenvalue weighted by Crippen LogP contribution is -2.50. The molecule has 4 heteroatoms. The van der Waals surface area contributed by atoms with Crippen molar-refractivity contribution in [3.8, 4) is 0 Å². The highest BCUT2D eigenvalue weighted by molar-refractivity contribution is 6.31. The number of nitrogens with one attached hydrogen (secondary N) is 1. The first kappa shape index (κ1) is 20.6. The van der Waals surface area contributed by atoms with Gasteiger partial charge in [-0.1, -0.05) is 11.6 Å². The molecule has 1 N–H and O–H groups in total. The van der Waals surface area contributed by atoms with Crippen LogP contribution in [0.5, 0.6) is 0 Å². The van der Waals surface area contributed by atoms with Crippen LogP contribution in [0.15, 0.2) is 18.2 Å². The molecule has 4 saturated carbocycles. The maximum atomic E-state index is 13.8. The Balaban J connectivity index is 1.52. The molecule has 5 aliphatic rings. The lowest BCUT2D eigenvalue weighted by Gasteiger charge is -2.55. The second-order valence-corrected chi connectivity index (χ2v) is 12.1. The maximum absolute atomic E-state index is 13.8. The number of nitrogens with zero attached hydrogens (tertiary/aromatic N) is 1. The van der Waals surface area contributed by atoms with Gasteiger partial charge in [-0.05, 0) is 114 Å². The Hall–Kier alpha value is -1.32. The number of ketones is 1. The third-order valence-electron chi connectivity index (χ3n) is 7.99. The molecule has 0 saturated heterocycles. The highest BCUT2D eigenvalue weighted by atomic mass is 35.5. The summed E-state index contributed by atoms with van der Waals surface area (Å²) in [5, 5.41) is 4.52. The summed E-state index contributed by atoms with van der Waals surface area (Å²) < 4.78 is 0. The molecule has 162 valence electrons. The summed E-state index contributed by atoms with van der Waals surface area (Å²) in [6.07, 6.45) is 10.3. The Kier molecular flexibility index (Phi) is 4.87. The SMILES string of the molecule is CN(C)Cc1cc2c(cc1Cl)CC(C)(C)NC2=CC(=O)C12CC3CC(CC(C3)C1)C2. The lowest BCUT2D eigenvalue weighted by molar-refractivity contribution is -0.138. The normalized spacial score (nSPS) is 34.9. The minimum atomic E-state index is -0.0932. The fourth-order valence-corrected chi connectivity index (χ4v) is 7.53. The molecule has 4 bridgehead atoms. The predicted octanol–water partition coefficient (Wildman–Crippen LogP) is 5.45. The molecule has 6 rings (SSSR count). The maximum Gasteiger partial charge on any atom is 0.163 e. The molecule has 1 aliphatic heterocycles. The highest BCUT2D eigenvalue weighted by Gasteiger charge is 2.54. The van der Waals surface area contributed by atoms with E-state index in [4.69, 9.17) is 11.6 Å². The van der Waals surface area contributed by atoms with Gasteiger partial charge in [0, 0.05) is 39.9 Å². The average Bonchev–Trinajstić information content (AvgIpc) is 2.60. The molecule has 0 amide bonds. The largest absolute Gasteiger partial charge is 0.379 e. The van der Waals surface area contributed by atoms with E-state index in [1.54, 1.807) is 0 Å². The monoisotopic (exact) mass is 426 g/mol. The van der Waals surface area contributed by atoms with Crippen LogP contribution in [0.1, 0.15) is 69.1 Å². The Morgan fingerprint density at radius 3 is 2.30 bits per heavy atom. The molecular weight excluding hydrogens is 392 g/mol. The minimum absolute atomic E-state index is 0.0903. The van der Waals surface area contributed by atoms with Gasteiger partial charge in [0.15, 0.2) is 5.78 Å². The lowest BCUT2D eigenvalue weighted by atomic mass is 9.48. The first-order valence-electron chi connectivity index (χ1n) is 11.6. The molecule has 1 aromatic rings. The van der Waals surface area contributed by atoms with Crippen LogP contribution < -0.4 is 5.32 Å². The van der Waals surface area contributed by atoms with Crippen LogP contribution in [-0.2, 0) is 17.8 Å². The van der Waals surface area contributed by atoms with Gasteiger partial charge in [0.25, 0.3) is 0 Å². The van der Waals surface area contributed by atoms with Gasteiger partial charge < -0.3 is 10.2 Å². The molecule has 4 aliphatic carbocycles. The molecule has 0 unspecified atom stereocenters. The van der Waals surface area contributed by atoms with Crippen molar-refractivity contribution in [2.75, 3.05) is 14.1 Å². The van der Waals surface area contributed by atoms with Gasteiger partial charge in [-0.2, -0.15) is 0 Å². The highest BCUT2D eigenvalue weighted by Crippen LogP contribution is 2.60. The van der Waals surface area contributed by atoms with Crippen LogP contribution >= 0.6 is 11.6 Å². The Morgan fingerprint density at radius 1 is 1.13 bits per heavy atom. The zero-order chi connectivity index (χ0) is 21.3. The molecule has 1 heterocycles. The first-order chi connectivity index (χ1) is 14.1. The number of allylic oxidation sites excluding steroid dienone is 1. The minimum Gasteiger partial charge on any atom is -0.379 e. The molecule has 1 aromatic carbocycles. The number of carbonyl (C=O) groups excluding carboxylic acids is 1. The van der Waals surface area contributed by atoms with Crippen molar-refractivity contribution in [2.24, 2.45) is 23.2 Å². The predicted molar refractivity (Wildman–Crippen MR) is 123 cm³/mol. The van der Waals surface area contributed by atoms with Gasteiger partial charge in [-0.3, -0.25) is 4.79 Å². The third kappa shape index (κ3) is 3.62. The smallest absolute Gasteiger partial charge is 0.163 e. The van der Waals surface area contributed by atoms with E-state index >= 15 is 0 Å². The van der Waals surface area contributed by atoms with E-state index in [9.17, 15) is 4.79 Å². The van der Waals surface area contributed by atoms with E-state index in [2.05, 4.69) is 50.3 Å². The van der Waals surface area contributed by atoms with E-state index in [1.807, 2.05) is 6.08 Å². The van der Waals surface area contributed by atoms with Gasteiger partial charge >= 0.3 is 0 Å². The number of rotatable bonds is 4. The number of hydrogen-bond donors (Lipinski definition) is 1. The van der Waals surface area contributed by atoms with Crippen molar-refractivity contribution in [2.45, 2.75) is 70.9 Å². The van der Waals surface area contributed by atoms with Crippen LogP contribution in [0.3, 0.4) is 0 Å². The summed E-state index contributed by atoms with van der Waals surface area (Å²) in [4.78, 5) is 15.9. The van der Waals surface area contributed by atoms with Crippen LogP contribution in [0.2, 0.25) is 5.02 Å². The summed E-state index contributed by atoms with van der Waals surface area (Å²) in [5.74, 6) is 2.73. The summed E-state index contributed by atoms with van der Waals surface area (Å²) >= 11 is 6.63. The van der Waals surface area contributed by atoms with E-state index < -0.39 is 0 Å². The van der Waals surface area contributed by atoms with E-state index in [0.29, 0.717) is 5.78 Å². The zero-order valence-corrected chi connectivity index (χ0v) is 19.6. The Morgan fingerprint density at radius 2 is 1.73 bits per heavy atom. The topological polar surface area (TPSA) is 32.3 Å². The molecule has 30 heavy (non-hydrogen) atoms. The number of hydrogen-bond acceptors (Lipinski definition) is 3.